The molecule has 0 atom stereocenters. The fourth-order valence-corrected chi connectivity index (χ4v) is 3.23. The lowest BCUT2D eigenvalue weighted by atomic mass is 9.95. The van der Waals surface area contributed by atoms with E-state index in [1.165, 1.54) is 19.3 Å². The van der Waals surface area contributed by atoms with Crippen LogP contribution < -0.4 is 5.32 Å². The number of nitrogens with one attached hydrogen (secondary N) is 1. The summed E-state index contributed by atoms with van der Waals surface area (Å²) in [5.74, 6) is 0.0695. The molecule has 5 nitrogen and oxygen atoms in total. The van der Waals surface area contributed by atoms with Crippen LogP contribution in [0.25, 0.3) is 5.69 Å². The first-order valence-corrected chi connectivity index (χ1v) is 8.48. The maximum absolute atomic E-state index is 12.7. The molecule has 0 radical (unpaired) electrons. The highest BCUT2D eigenvalue weighted by molar-refractivity contribution is 5.93. The number of aromatic nitrogens is 3. The number of para-hydroxylation sites is 1. The minimum absolute atomic E-state index is 0.0946. The SMILES string of the molecule is CC(C)c1c(C(=O)NC2CCCCC2)nnn1-c1ccccc1. The maximum atomic E-state index is 12.7. The molecule has 1 heterocycles. The molecule has 122 valence electrons. The van der Waals surface area contributed by atoms with Gasteiger partial charge in [-0.05, 0) is 30.9 Å². The lowest BCUT2D eigenvalue weighted by Crippen LogP contribution is -2.37. The predicted octanol–water partition coefficient (Wildman–Crippen LogP) is 3.45. The lowest BCUT2D eigenvalue weighted by molar-refractivity contribution is 0.0921. The van der Waals surface area contributed by atoms with Crippen molar-refractivity contribution in [1.82, 2.24) is 20.3 Å². The van der Waals surface area contributed by atoms with E-state index >= 15 is 0 Å². The van der Waals surface area contributed by atoms with Crippen LogP contribution in [0.2, 0.25) is 0 Å². The van der Waals surface area contributed by atoms with Crippen LogP contribution in [-0.2, 0) is 0 Å². The highest BCUT2D eigenvalue weighted by atomic mass is 16.2. The largest absolute Gasteiger partial charge is 0.348 e. The third-order valence-corrected chi connectivity index (χ3v) is 4.41. The number of carbonyl (C=O) groups excluding carboxylic acids is 1. The van der Waals surface area contributed by atoms with Gasteiger partial charge in [0.15, 0.2) is 5.69 Å². The Morgan fingerprint density at radius 3 is 2.52 bits per heavy atom. The van der Waals surface area contributed by atoms with Gasteiger partial charge in [0.05, 0.1) is 11.4 Å². The van der Waals surface area contributed by atoms with Gasteiger partial charge in [-0.3, -0.25) is 4.79 Å². The fourth-order valence-electron chi connectivity index (χ4n) is 3.23. The van der Waals surface area contributed by atoms with Crippen LogP contribution in [-0.4, -0.2) is 26.9 Å². The molecule has 2 aromatic rings. The molecule has 0 bridgehead atoms. The van der Waals surface area contributed by atoms with Crippen LogP contribution in [0.5, 0.6) is 0 Å². The van der Waals surface area contributed by atoms with Crippen molar-refractivity contribution in [1.29, 1.82) is 0 Å². The zero-order valence-corrected chi connectivity index (χ0v) is 13.8. The van der Waals surface area contributed by atoms with Crippen molar-refractivity contribution in [3.63, 3.8) is 0 Å². The minimum atomic E-state index is -0.0946. The summed E-state index contributed by atoms with van der Waals surface area (Å²) in [4.78, 5) is 12.7. The first-order chi connectivity index (χ1) is 11.2. The molecule has 1 aliphatic carbocycles. The maximum Gasteiger partial charge on any atom is 0.274 e. The Morgan fingerprint density at radius 2 is 1.87 bits per heavy atom. The number of nitrogens with zero attached hydrogens (tertiary/aromatic N) is 3. The molecule has 1 saturated carbocycles. The highest BCUT2D eigenvalue weighted by Gasteiger charge is 2.25. The van der Waals surface area contributed by atoms with E-state index in [9.17, 15) is 4.79 Å². The van der Waals surface area contributed by atoms with E-state index in [4.69, 9.17) is 0 Å². The Morgan fingerprint density at radius 1 is 1.17 bits per heavy atom. The van der Waals surface area contributed by atoms with Gasteiger partial charge in [-0.25, -0.2) is 4.68 Å². The second kappa shape index (κ2) is 6.94. The van der Waals surface area contributed by atoms with E-state index in [1.807, 2.05) is 30.3 Å². The molecule has 1 amide bonds. The molecule has 0 spiro atoms. The standard InChI is InChI=1S/C18H24N4O/c1-13(2)17-16(18(23)19-14-9-5-3-6-10-14)20-21-22(17)15-11-7-4-8-12-15/h4,7-8,11-14H,3,5-6,9-10H2,1-2H3,(H,19,23). The molecule has 5 heteroatoms. The van der Waals surface area contributed by atoms with Crippen molar-refractivity contribution < 1.29 is 4.79 Å². The van der Waals surface area contributed by atoms with Gasteiger partial charge in [0, 0.05) is 6.04 Å². The topological polar surface area (TPSA) is 59.8 Å². The lowest BCUT2D eigenvalue weighted by Gasteiger charge is -2.22. The molecule has 1 aliphatic rings. The summed E-state index contributed by atoms with van der Waals surface area (Å²) < 4.78 is 1.78. The summed E-state index contributed by atoms with van der Waals surface area (Å²) in [6.45, 7) is 4.13. The van der Waals surface area contributed by atoms with Crippen LogP contribution in [0.15, 0.2) is 30.3 Å². The van der Waals surface area contributed by atoms with Gasteiger partial charge in [-0.1, -0.05) is 56.5 Å². The molecule has 0 saturated heterocycles. The molecule has 0 unspecified atom stereocenters. The van der Waals surface area contributed by atoms with Gasteiger partial charge >= 0.3 is 0 Å². The molecule has 23 heavy (non-hydrogen) atoms. The molecule has 0 aliphatic heterocycles. The predicted molar refractivity (Wildman–Crippen MR) is 89.8 cm³/mol. The average Bonchev–Trinajstić information content (AvgIpc) is 3.02. The van der Waals surface area contributed by atoms with Crippen molar-refractivity contribution in [2.45, 2.75) is 57.9 Å². The second-order valence-corrected chi connectivity index (χ2v) is 6.53. The molecule has 3 rings (SSSR count). The normalized spacial score (nSPS) is 15.8. The third-order valence-electron chi connectivity index (χ3n) is 4.41. The van der Waals surface area contributed by atoms with Gasteiger partial charge in [0.1, 0.15) is 0 Å². The number of rotatable bonds is 4. The van der Waals surface area contributed by atoms with Gasteiger partial charge in [0.25, 0.3) is 5.91 Å². The summed E-state index contributed by atoms with van der Waals surface area (Å²) in [6, 6.07) is 10.1. The first kappa shape index (κ1) is 15.7. The van der Waals surface area contributed by atoms with Crippen LogP contribution in [0, 0.1) is 0 Å². The van der Waals surface area contributed by atoms with E-state index in [-0.39, 0.29) is 17.9 Å². The molecule has 1 aromatic heterocycles. The van der Waals surface area contributed by atoms with Crippen LogP contribution in [0.3, 0.4) is 0 Å². The van der Waals surface area contributed by atoms with Gasteiger partial charge in [-0.15, -0.1) is 5.10 Å². The van der Waals surface area contributed by atoms with E-state index < -0.39 is 0 Å². The van der Waals surface area contributed by atoms with Gasteiger partial charge in [-0.2, -0.15) is 0 Å². The minimum Gasteiger partial charge on any atom is -0.348 e. The first-order valence-electron chi connectivity index (χ1n) is 8.48. The Balaban J connectivity index is 1.87. The Labute approximate surface area is 137 Å². The van der Waals surface area contributed by atoms with E-state index in [0.29, 0.717) is 5.69 Å². The smallest absolute Gasteiger partial charge is 0.274 e. The quantitative estimate of drug-likeness (QED) is 0.940. The molecular weight excluding hydrogens is 288 g/mol. The van der Waals surface area contributed by atoms with Crippen molar-refractivity contribution in [3.05, 3.63) is 41.7 Å². The molecule has 1 fully saturated rings. The van der Waals surface area contributed by atoms with Crippen molar-refractivity contribution >= 4 is 5.91 Å². The second-order valence-electron chi connectivity index (χ2n) is 6.53. The number of benzene rings is 1. The number of hydrogen-bond donors (Lipinski definition) is 1. The highest BCUT2D eigenvalue weighted by Crippen LogP contribution is 2.22. The van der Waals surface area contributed by atoms with Crippen molar-refractivity contribution in [2.24, 2.45) is 0 Å². The number of amides is 1. The monoisotopic (exact) mass is 312 g/mol. The Bertz CT molecular complexity index is 657. The molecule has 1 aromatic carbocycles. The van der Waals surface area contributed by atoms with Crippen LogP contribution >= 0.6 is 0 Å². The number of hydrogen-bond acceptors (Lipinski definition) is 3. The van der Waals surface area contributed by atoms with E-state index in [2.05, 4.69) is 29.5 Å². The fraction of sp³-hybridized carbons (Fsp3) is 0.500. The summed E-state index contributed by atoms with van der Waals surface area (Å²) in [6.07, 6.45) is 5.79. The zero-order valence-electron chi connectivity index (χ0n) is 13.8. The number of carbonyl (C=O) groups is 1. The summed E-state index contributed by atoms with van der Waals surface area (Å²) in [5, 5.41) is 11.5. The van der Waals surface area contributed by atoms with Crippen LogP contribution in [0.4, 0.5) is 0 Å². The van der Waals surface area contributed by atoms with Gasteiger partial charge in [0.2, 0.25) is 0 Å². The van der Waals surface area contributed by atoms with E-state index in [0.717, 1.165) is 24.2 Å². The zero-order chi connectivity index (χ0) is 16.2. The Hall–Kier alpha value is -2.17. The summed E-state index contributed by atoms with van der Waals surface area (Å²) in [7, 11) is 0. The van der Waals surface area contributed by atoms with Gasteiger partial charge < -0.3 is 5.32 Å². The van der Waals surface area contributed by atoms with Crippen molar-refractivity contribution in [3.8, 4) is 5.69 Å². The average molecular weight is 312 g/mol. The molecule has 1 N–H and O–H groups in total. The van der Waals surface area contributed by atoms with Crippen LogP contribution in [0.1, 0.15) is 68.1 Å². The Kier molecular flexibility index (Phi) is 4.74. The summed E-state index contributed by atoms with van der Waals surface area (Å²) in [5.41, 5.74) is 2.25. The molecular formula is C18H24N4O. The summed E-state index contributed by atoms with van der Waals surface area (Å²) >= 11 is 0. The third kappa shape index (κ3) is 3.44. The van der Waals surface area contributed by atoms with Crippen molar-refractivity contribution in [2.75, 3.05) is 0 Å². The van der Waals surface area contributed by atoms with E-state index in [1.54, 1.807) is 4.68 Å².